The fourth-order valence-corrected chi connectivity index (χ4v) is 4.24. The number of nitrogens with one attached hydrogen (secondary N) is 1. The fraction of sp³-hybridized carbons (Fsp3) is 0.474. The zero-order valence-corrected chi connectivity index (χ0v) is 17.4. The lowest BCUT2D eigenvalue weighted by atomic mass is 9.94. The first-order valence-corrected chi connectivity index (χ1v) is 10.1. The van der Waals surface area contributed by atoms with Gasteiger partial charge < -0.3 is 14.8 Å². The minimum absolute atomic E-state index is 0.0540. The van der Waals surface area contributed by atoms with E-state index >= 15 is 0 Å². The quantitative estimate of drug-likeness (QED) is 0.549. The predicted octanol–water partition coefficient (Wildman–Crippen LogP) is 4.25. The van der Waals surface area contributed by atoms with Gasteiger partial charge in [0.1, 0.15) is 5.70 Å². The van der Waals surface area contributed by atoms with Crippen LogP contribution in [0.5, 0.6) is 11.5 Å². The van der Waals surface area contributed by atoms with E-state index in [2.05, 4.69) is 21.2 Å². The largest absolute Gasteiger partial charge is 0.493 e. The summed E-state index contributed by atoms with van der Waals surface area (Å²) in [6.45, 7) is 2.47. The molecule has 1 N–H and O–H groups in total. The van der Waals surface area contributed by atoms with E-state index in [1.165, 1.54) is 6.42 Å². The van der Waals surface area contributed by atoms with Crippen LogP contribution in [0.4, 0.5) is 0 Å². The van der Waals surface area contributed by atoms with Gasteiger partial charge in [-0.3, -0.25) is 9.69 Å². The molecule has 1 aliphatic heterocycles. The summed E-state index contributed by atoms with van der Waals surface area (Å²) in [5.74, 6) is 1.23. The number of rotatable bonds is 5. The number of benzene rings is 1. The Hall–Kier alpha value is -1.60. The Morgan fingerprint density at radius 1 is 1.31 bits per heavy atom. The Morgan fingerprint density at radius 2 is 2.04 bits per heavy atom. The average molecular weight is 439 g/mol. The number of carbonyl (C=O) groups is 1. The van der Waals surface area contributed by atoms with Crippen LogP contribution in [0.15, 0.2) is 22.3 Å². The van der Waals surface area contributed by atoms with Crippen molar-refractivity contribution >= 4 is 45.2 Å². The van der Waals surface area contributed by atoms with E-state index < -0.39 is 0 Å². The van der Waals surface area contributed by atoms with Gasteiger partial charge in [-0.25, -0.2) is 0 Å². The summed E-state index contributed by atoms with van der Waals surface area (Å²) < 4.78 is 11.8. The van der Waals surface area contributed by atoms with Crippen LogP contribution in [0.1, 0.15) is 44.6 Å². The predicted molar refractivity (Wildman–Crippen MR) is 109 cm³/mol. The van der Waals surface area contributed by atoms with Gasteiger partial charge in [0.05, 0.1) is 13.7 Å². The van der Waals surface area contributed by atoms with Crippen LogP contribution in [-0.2, 0) is 4.79 Å². The van der Waals surface area contributed by atoms with E-state index in [4.69, 9.17) is 21.7 Å². The van der Waals surface area contributed by atoms with Gasteiger partial charge in [0.25, 0.3) is 5.91 Å². The highest BCUT2D eigenvalue weighted by molar-refractivity contribution is 9.10. The van der Waals surface area contributed by atoms with Crippen molar-refractivity contribution in [1.82, 2.24) is 10.2 Å². The molecule has 0 bridgehead atoms. The molecule has 140 valence electrons. The molecule has 0 unspecified atom stereocenters. The minimum atomic E-state index is -0.0540. The van der Waals surface area contributed by atoms with Crippen LogP contribution in [0.25, 0.3) is 6.08 Å². The molecule has 26 heavy (non-hydrogen) atoms. The molecule has 0 atom stereocenters. The molecule has 1 aliphatic carbocycles. The van der Waals surface area contributed by atoms with Gasteiger partial charge in [-0.05, 0) is 55.8 Å². The summed E-state index contributed by atoms with van der Waals surface area (Å²) in [6.07, 6.45) is 7.37. The lowest BCUT2D eigenvalue weighted by Crippen LogP contribution is -2.41. The third-order valence-corrected chi connectivity index (χ3v) is 5.72. The van der Waals surface area contributed by atoms with Crippen molar-refractivity contribution in [3.05, 3.63) is 27.9 Å². The molecular formula is C19H23BrN2O3S. The molecule has 1 aromatic carbocycles. The summed E-state index contributed by atoms with van der Waals surface area (Å²) in [5, 5.41) is 3.58. The summed E-state index contributed by atoms with van der Waals surface area (Å²) in [5.41, 5.74) is 1.32. The molecule has 1 saturated carbocycles. The first kappa shape index (κ1) is 19.2. The number of ether oxygens (including phenoxy) is 2. The maximum absolute atomic E-state index is 12.9. The van der Waals surface area contributed by atoms with Crippen molar-refractivity contribution in [3.8, 4) is 11.5 Å². The van der Waals surface area contributed by atoms with Gasteiger partial charge in [0.2, 0.25) is 0 Å². The van der Waals surface area contributed by atoms with Gasteiger partial charge >= 0.3 is 0 Å². The Morgan fingerprint density at radius 3 is 2.69 bits per heavy atom. The summed E-state index contributed by atoms with van der Waals surface area (Å²) in [7, 11) is 1.60. The first-order valence-electron chi connectivity index (χ1n) is 8.91. The topological polar surface area (TPSA) is 50.8 Å². The van der Waals surface area contributed by atoms with Crippen molar-refractivity contribution in [1.29, 1.82) is 0 Å². The molecule has 2 aliphatic rings. The van der Waals surface area contributed by atoms with E-state index in [0.717, 1.165) is 35.7 Å². The number of hydrogen-bond acceptors (Lipinski definition) is 4. The molecule has 0 radical (unpaired) electrons. The van der Waals surface area contributed by atoms with Crippen molar-refractivity contribution in [2.75, 3.05) is 13.7 Å². The maximum Gasteiger partial charge on any atom is 0.276 e. The highest BCUT2D eigenvalue weighted by atomic mass is 79.9. The number of halogens is 1. The highest BCUT2D eigenvalue weighted by Crippen LogP contribution is 2.35. The van der Waals surface area contributed by atoms with Gasteiger partial charge in [-0.1, -0.05) is 35.2 Å². The van der Waals surface area contributed by atoms with Crippen molar-refractivity contribution in [2.24, 2.45) is 0 Å². The zero-order chi connectivity index (χ0) is 18.7. The van der Waals surface area contributed by atoms with Crippen molar-refractivity contribution in [2.45, 2.75) is 45.1 Å². The Bertz CT molecular complexity index is 745. The smallest absolute Gasteiger partial charge is 0.276 e. The maximum atomic E-state index is 12.9. The minimum Gasteiger partial charge on any atom is -0.493 e. The fourth-order valence-electron chi connectivity index (χ4n) is 3.46. The van der Waals surface area contributed by atoms with E-state index in [9.17, 15) is 4.79 Å². The van der Waals surface area contributed by atoms with Crippen molar-refractivity contribution in [3.63, 3.8) is 0 Å². The van der Waals surface area contributed by atoms with Crippen LogP contribution in [0.3, 0.4) is 0 Å². The van der Waals surface area contributed by atoms with Crippen LogP contribution in [-0.4, -0.2) is 35.7 Å². The molecule has 2 fully saturated rings. The number of thiocarbonyl (C=S) groups is 1. The zero-order valence-electron chi connectivity index (χ0n) is 15.0. The van der Waals surface area contributed by atoms with Crippen molar-refractivity contribution < 1.29 is 14.3 Å². The van der Waals surface area contributed by atoms with Crippen LogP contribution >= 0.6 is 28.1 Å². The number of nitrogens with zero attached hydrogens (tertiary/aromatic N) is 1. The Labute approximate surface area is 167 Å². The summed E-state index contributed by atoms with van der Waals surface area (Å²) in [4.78, 5) is 14.6. The first-order chi connectivity index (χ1) is 12.5. The molecule has 0 spiro atoms. The number of methoxy groups -OCH3 is 1. The molecule has 0 aromatic heterocycles. The molecule has 1 saturated heterocycles. The van der Waals surface area contributed by atoms with Gasteiger partial charge in [0, 0.05) is 10.5 Å². The monoisotopic (exact) mass is 438 g/mol. The van der Waals surface area contributed by atoms with E-state index in [-0.39, 0.29) is 11.9 Å². The van der Waals surface area contributed by atoms with Crippen LogP contribution in [0, 0.1) is 0 Å². The Kier molecular flexibility index (Phi) is 6.19. The molecule has 1 heterocycles. The average Bonchev–Trinajstić information content (AvgIpc) is 2.91. The molecule has 1 amide bonds. The SMILES string of the molecule is CCOc1cc(Br)c(C=C2NC(=S)N(C3CCCCC3)C2=O)cc1OC. The normalized spacial score (nSPS) is 19.8. The highest BCUT2D eigenvalue weighted by Gasteiger charge is 2.36. The van der Waals surface area contributed by atoms with Crippen LogP contribution in [0.2, 0.25) is 0 Å². The van der Waals surface area contributed by atoms with E-state index in [0.29, 0.717) is 28.9 Å². The van der Waals surface area contributed by atoms with E-state index in [1.54, 1.807) is 18.1 Å². The molecular weight excluding hydrogens is 416 g/mol. The Balaban J connectivity index is 1.88. The van der Waals surface area contributed by atoms with Gasteiger partial charge in [-0.15, -0.1) is 0 Å². The summed E-state index contributed by atoms with van der Waals surface area (Å²) in [6, 6.07) is 3.91. The molecule has 1 aromatic rings. The standard InChI is InChI=1S/C19H23BrN2O3S/c1-3-25-17-11-14(20)12(10-16(17)24-2)9-15-18(23)22(19(26)21-15)13-7-5-4-6-8-13/h9-11,13H,3-8H2,1-2H3,(H,21,26). The number of amides is 1. The third kappa shape index (κ3) is 3.88. The molecule has 7 heteroatoms. The number of hydrogen-bond donors (Lipinski definition) is 1. The van der Waals surface area contributed by atoms with Gasteiger partial charge in [-0.2, -0.15) is 0 Å². The number of carbonyl (C=O) groups excluding carboxylic acids is 1. The molecule has 5 nitrogen and oxygen atoms in total. The lowest BCUT2D eigenvalue weighted by Gasteiger charge is -2.29. The van der Waals surface area contributed by atoms with Gasteiger partial charge in [0.15, 0.2) is 16.6 Å². The summed E-state index contributed by atoms with van der Waals surface area (Å²) >= 11 is 8.97. The second-order valence-electron chi connectivity index (χ2n) is 6.41. The lowest BCUT2D eigenvalue weighted by molar-refractivity contribution is -0.124. The van der Waals surface area contributed by atoms with Crippen LogP contribution < -0.4 is 14.8 Å². The second kappa shape index (κ2) is 8.39. The second-order valence-corrected chi connectivity index (χ2v) is 7.65. The molecule has 3 rings (SSSR count). The van der Waals surface area contributed by atoms with E-state index in [1.807, 2.05) is 19.1 Å². The third-order valence-electron chi connectivity index (χ3n) is 4.73.